The molecule has 0 aliphatic rings. The fourth-order valence-corrected chi connectivity index (χ4v) is 1.87. The second-order valence-electron chi connectivity index (χ2n) is 4.70. The lowest BCUT2D eigenvalue weighted by Crippen LogP contribution is -2.34. The number of rotatable bonds is 8. The van der Waals surface area contributed by atoms with Gasteiger partial charge in [0.15, 0.2) is 0 Å². The van der Waals surface area contributed by atoms with Crippen molar-refractivity contribution >= 4 is 5.97 Å². The van der Waals surface area contributed by atoms with E-state index in [2.05, 4.69) is 23.7 Å². The van der Waals surface area contributed by atoms with E-state index in [0.29, 0.717) is 12.5 Å². The average molecular weight is 250 g/mol. The van der Waals surface area contributed by atoms with Gasteiger partial charge in [0, 0.05) is 37.3 Å². The molecule has 1 heterocycles. The van der Waals surface area contributed by atoms with Crippen LogP contribution in [0, 0.1) is 0 Å². The summed E-state index contributed by atoms with van der Waals surface area (Å²) in [6, 6.07) is 6.36. The van der Waals surface area contributed by atoms with Gasteiger partial charge in [-0.2, -0.15) is 0 Å². The highest BCUT2D eigenvalue weighted by atomic mass is 16.4. The summed E-state index contributed by atoms with van der Waals surface area (Å²) < 4.78 is 0. The van der Waals surface area contributed by atoms with Crippen LogP contribution >= 0.6 is 0 Å². The van der Waals surface area contributed by atoms with Crippen LogP contribution in [0.4, 0.5) is 0 Å². The molecular weight excluding hydrogens is 228 g/mol. The molecule has 0 atom stereocenters. The van der Waals surface area contributed by atoms with Crippen molar-refractivity contribution in [2.24, 2.45) is 0 Å². The summed E-state index contributed by atoms with van der Waals surface area (Å²) in [6.07, 6.45) is 3.66. The Bertz CT molecular complexity index is 352. The Morgan fingerprint density at radius 1 is 1.39 bits per heavy atom. The first-order valence-corrected chi connectivity index (χ1v) is 6.45. The second-order valence-corrected chi connectivity index (χ2v) is 4.70. The number of hydrogen-bond acceptors (Lipinski definition) is 3. The third-order valence-electron chi connectivity index (χ3n) is 2.95. The highest BCUT2D eigenvalue weighted by Crippen LogP contribution is 2.04. The van der Waals surface area contributed by atoms with E-state index in [-0.39, 0.29) is 6.42 Å². The number of carbonyl (C=O) groups is 1. The van der Waals surface area contributed by atoms with Crippen molar-refractivity contribution < 1.29 is 9.90 Å². The molecule has 0 amide bonds. The van der Waals surface area contributed by atoms with E-state index in [0.717, 1.165) is 25.2 Å². The summed E-state index contributed by atoms with van der Waals surface area (Å²) in [7, 11) is 0. The molecule has 1 rings (SSSR count). The fourth-order valence-electron chi connectivity index (χ4n) is 1.87. The molecule has 100 valence electrons. The largest absolute Gasteiger partial charge is 0.481 e. The van der Waals surface area contributed by atoms with Crippen LogP contribution in [0.15, 0.2) is 24.4 Å². The minimum atomic E-state index is -0.719. The van der Waals surface area contributed by atoms with Crippen molar-refractivity contribution in [3.05, 3.63) is 30.1 Å². The lowest BCUT2D eigenvalue weighted by molar-refractivity contribution is -0.137. The van der Waals surface area contributed by atoms with Gasteiger partial charge in [0.05, 0.1) is 0 Å². The molecular formula is C14H22N2O2. The van der Waals surface area contributed by atoms with E-state index >= 15 is 0 Å². The Kier molecular flexibility index (Phi) is 6.36. The van der Waals surface area contributed by atoms with Gasteiger partial charge in [0.2, 0.25) is 0 Å². The van der Waals surface area contributed by atoms with Gasteiger partial charge in [-0.1, -0.05) is 6.07 Å². The predicted molar refractivity (Wildman–Crippen MR) is 71.5 cm³/mol. The normalized spacial score (nSPS) is 11.1. The molecule has 4 heteroatoms. The van der Waals surface area contributed by atoms with Crippen molar-refractivity contribution in [3.8, 4) is 0 Å². The van der Waals surface area contributed by atoms with Crippen LogP contribution in [0.3, 0.4) is 0 Å². The van der Waals surface area contributed by atoms with E-state index in [9.17, 15) is 4.79 Å². The summed E-state index contributed by atoms with van der Waals surface area (Å²) in [5.74, 6) is -0.719. The van der Waals surface area contributed by atoms with E-state index in [4.69, 9.17) is 5.11 Å². The summed E-state index contributed by atoms with van der Waals surface area (Å²) >= 11 is 0. The third-order valence-corrected chi connectivity index (χ3v) is 2.95. The fraction of sp³-hybridized carbons (Fsp3) is 0.571. The number of aliphatic carboxylic acids is 1. The molecule has 0 saturated carbocycles. The third kappa shape index (κ3) is 5.77. The number of nitrogens with zero attached hydrogens (tertiary/aromatic N) is 2. The maximum atomic E-state index is 10.5. The van der Waals surface area contributed by atoms with Gasteiger partial charge in [-0.15, -0.1) is 0 Å². The van der Waals surface area contributed by atoms with Crippen LogP contribution in [-0.4, -0.2) is 40.1 Å². The van der Waals surface area contributed by atoms with E-state index in [1.165, 1.54) is 0 Å². The van der Waals surface area contributed by atoms with Gasteiger partial charge in [-0.05, 0) is 38.9 Å². The highest BCUT2D eigenvalue weighted by molar-refractivity contribution is 5.66. The predicted octanol–water partition coefficient (Wildman–Crippen LogP) is 2.20. The first-order valence-electron chi connectivity index (χ1n) is 6.45. The molecule has 0 bridgehead atoms. The minimum Gasteiger partial charge on any atom is -0.481 e. The summed E-state index contributed by atoms with van der Waals surface area (Å²) in [5.41, 5.74) is 1.08. The standard InChI is InChI=1S/C14H22N2O2/c1-12(2)16(10-5-7-14(17)18)11-8-13-6-3-4-9-15-13/h3-4,6,9,12H,5,7-8,10-11H2,1-2H3,(H,17,18). The maximum absolute atomic E-state index is 10.5. The Morgan fingerprint density at radius 2 is 2.17 bits per heavy atom. The minimum absolute atomic E-state index is 0.243. The van der Waals surface area contributed by atoms with Crippen LogP contribution in [0.1, 0.15) is 32.4 Å². The summed E-state index contributed by atoms with van der Waals surface area (Å²) in [5, 5.41) is 8.64. The van der Waals surface area contributed by atoms with Crippen LogP contribution in [0.5, 0.6) is 0 Å². The van der Waals surface area contributed by atoms with Crippen LogP contribution in [0.2, 0.25) is 0 Å². The lowest BCUT2D eigenvalue weighted by Gasteiger charge is -2.26. The summed E-state index contributed by atoms with van der Waals surface area (Å²) in [4.78, 5) is 17.1. The maximum Gasteiger partial charge on any atom is 0.303 e. The van der Waals surface area contributed by atoms with Gasteiger partial charge in [0.25, 0.3) is 0 Å². The van der Waals surface area contributed by atoms with Gasteiger partial charge in [0.1, 0.15) is 0 Å². The molecule has 0 unspecified atom stereocenters. The average Bonchev–Trinajstić information content (AvgIpc) is 2.34. The second kappa shape index (κ2) is 7.82. The van der Waals surface area contributed by atoms with E-state index in [1.54, 1.807) is 6.20 Å². The number of hydrogen-bond donors (Lipinski definition) is 1. The van der Waals surface area contributed by atoms with Crippen molar-refractivity contribution in [1.29, 1.82) is 0 Å². The molecule has 0 aliphatic heterocycles. The molecule has 1 aromatic rings. The number of carboxylic acids is 1. The number of pyridine rings is 1. The van der Waals surface area contributed by atoms with Crippen molar-refractivity contribution in [2.45, 2.75) is 39.2 Å². The van der Waals surface area contributed by atoms with Gasteiger partial charge >= 0.3 is 5.97 Å². The van der Waals surface area contributed by atoms with E-state index < -0.39 is 5.97 Å². The van der Waals surface area contributed by atoms with Gasteiger partial charge < -0.3 is 10.0 Å². The topological polar surface area (TPSA) is 53.4 Å². The monoisotopic (exact) mass is 250 g/mol. The molecule has 1 aromatic heterocycles. The number of carboxylic acid groups (broad SMARTS) is 1. The van der Waals surface area contributed by atoms with Crippen LogP contribution in [-0.2, 0) is 11.2 Å². The first kappa shape index (κ1) is 14.6. The Balaban J connectivity index is 2.36. The Morgan fingerprint density at radius 3 is 2.72 bits per heavy atom. The lowest BCUT2D eigenvalue weighted by atomic mass is 10.2. The Labute approximate surface area is 109 Å². The zero-order valence-electron chi connectivity index (χ0n) is 11.2. The molecule has 0 aliphatic carbocycles. The Hall–Kier alpha value is -1.42. The first-order chi connectivity index (χ1) is 8.59. The highest BCUT2D eigenvalue weighted by Gasteiger charge is 2.10. The zero-order chi connectivity index (χ0) is 13.4. The number of aromatic nitrogens is 1. The molecule has 18 heavy (non-hydrogen) atoms. The van der Waals surface area contributed by atoms with Crippen molar-refractivity contribution in [1.82, 2.24) is 9.88 Å². The summed E-state index contributed by atoms with van der Waals surface area (Å²) in [6.45, 7) is 6.03. The van der Waals surface area contributed by atoms with Crippen LogP contribution in [0.25, 0.3) is 0 Å². The molecule has 0 spiro atoms. The molecule has 4 nitrogen and oxygen atoms in total. The van der Waals surface area contributed by atoms with Crippen LogP contribution < -0.4 is 0 Å². The molecule has 1 N–H and O–H groups in total. The van der Waals surface area contributed by atoms with Gasteiger partial charge in [-0.25, -0.2) is 0 Å². The van der Waals surface area contributed by atoms with E-state index in [1.807, 2.05) is 18.2 Å². The quantitative estimate of drug-likeness (QED) is 0.768. The molecule has 0 saturated heterocycles. The SMILES string of the molecule is CC(C)N(CCCC(=O)O)CCc1ccccn1. The smallest absolute Gasteiger partial charge is 0.303 e. The molecule has 0 aromatic carbocycles. The van der Waals surface area contributed by atoms with Crippen molar-refractivity contribution in [3.63, 3.8) is 0 Å². The zero-order valence-corrected chi connectivity index (χ0v) is 11.2. The van der Waals surface area contributed by atoms with Crippen molar-refractivity contribution in [2.75, 3.05) is 13.1 Å². The van der Waals surface area contributed by atoms with Gasteiger partial charge in [-0.3, -0.25) is 9.78 Å². The molecule has 0 radical (unpaired) electrons. The molecule has 0 fully saturated rings.